The average Bonchev–Trinajstić information content (AvgIpc) is 2.74. The van der Waals surface area contributed by atoms with Crippen LogP contribution in [0, 0.1) is 5.92 Å². The smallest absolute Gasteiger partial charge is 0.330 e. The summed E-state index contributed by atoms with van der Waals surface area (Å²) in [5.41, 5.74) is 19.1. The van der Waals surface area contributed by atoms with Gasteiger partial charge in [0.15, 0.2) is 0 Å². The van der Waals surface area contributed by atoms with Gasteiger partial charge in [-0.2, -0.15) is 0 Å². The number of hydrogen-bond acceptors (Lipinski definition) is 8. The molecule has 0 spiro atoms. The predicted molar refractivity (Wildman–Crippen MR) is 116 cm³/mol. The Morgan fingerprint density at radius 1 is 0.742 bits per heavy atom. The minimum absolute atomic E-state index is 0.144. The Hall–Kier alpha value is -3.07. The zero-order valence-corrected chi connectivity index (χ0v) is 17.7. The minimum atomic E-state index is -1.03. The van der Waals surface area contributed by atoms with Gasteiger partial charge in [-0.25, -0.2) is 14.4 Å². The summed E-state index contributed by atoms with van der Waals surface area (Å²) in [5.74, 6) is -2.02. The summed E-state index contributed by atoms with van der Waals surface area (Å²) in [7, 11) is 0. The number of ether oxygens (including phenoxy) is 2. The molecular weight excluding hydrogens is 398 g/mol. The third kappa shape index (κ3) is 7.60. The fourth-order valence-electron chi connectivity index (χ4n) is 2.69. The Balaban J connectivity index is 1.86. The zero-order chi connectivity index (χ0) is 23.0. The molecule has 0 saturated heterocycles. The van der Waals surface area contributed by atoms with Crippen molar-refractivity contribution in [3.8, 4) is 5.75 Å². The molecular formula is C23H29N3O5. The van der Waals surface area contributed by atoms with Crippen LogP contribution in [0.15, 0.2) is 54.6 Å². The molecule has 0 aromatic heterocycles. The SMILES string of the molecule is CC(C)[C@H](N)C(=O)OC(=O)[C@@H](N)Cc1ccc(OC(=O)[C@@H](N)Cc2ccccc2)cc1. The van der Waals surface area contributed by atoms with Crippen LogP contribution in [0.2, 0.25) is 0 Å². The Bertz CT molecular complexity index is 884. The highest BCUT2D eigenvalue weighted by molar-refractivity contribution is 5.90. The first kappa shape index (κ1) is 24.2. The summed E-state index contributed by atoms with van der Waals surface area (Å²) in [6.07, 6.45) is 0.513. The molecule has 3 atom stereocenters. The fourth-order valence-corrected chi connectivity index (χ4v) is 2.69. The van der Waals surface area contributed by atoms with Crippen molar-refractivity contribution in [3.63, 3.8) is 0 Å². The van der Waals surface area contributed by atoms with Gasteiger partial charge in [-0.05, 0) is 42.0 Å². The molecule has 0 heterocycles. The van der Waals surface area contributed by atoms with E-state index in [9.17, 15) is 14.4 Å². The van der Waals surface area contributed by atoms with Crippen LogP contribution in [-0.4, -0.2) is 36.0 Å². The Morgan fingerprint density at radius 2 is 1.26 bits per heavy atom. The Kier molecular flexibility index (Phi) is 8.87. The molecule has 0 aliphatic heterocycles. The maximum Gasteiger partial charge on any atom is 0.330 e. The first-order chi connectivity index (χ1) is 14.7. The van der Waals surface area contributed by atoms with E-state index in [0.717, 1.165) is 5.56 Å². The van der Waals surface area contributed by atoms with E-state index in [1.807, 2.05) is 30.3 Å². The third-order valence-electron chi connectivity index (χ3n) is 4.69. The Labute approximate surface area is 181 Å². The van der Waals surface area contributed by atoms with E-state index >= 15 is 0 Å². The van der Waals surface area contributed by atoms with Crippen LogP contribution in [0.5, 0.6) is 5.75 Å². The second-order valence-electron chi connectivity index (χ2n) is 7.68. The summed E-state index contributed by atoms with van der Waals surface area (Å²) in [6.45, 7) is 3.50. The molecule has 31 heavy (non-hydrogen) atoms. The third-order valence-corrected chi connectivity index (χ3v) is 4.69. The molecule has 0 radical (unpaired) electrons. The molecule has 2 aromatic carbocycles. The molecule has 0 fully saturated rings. The van der Waals surface area contributed by atoms with E-state index in [0.29, 0.717) is 17.7 Å². The maximum atomic E-state index is 12.2. The van der Waals surface area contributed by atoms with Crippen LogP contribution in [-0.2, 0) is 32.0 Å². The number of carbonyl (C=O) groups excluding carboxylic acids is 3. The van der Waals surface area contributed by atoms with Crippen molar-refractivity contribution in [2.24, 2.45) is 23.1 Å². The number of esters is 3. The summed E-state index contributed by atoms with van der Waals surface area (Å²) < 4.78 is 10.1. The van der Waals surface area contributed by atoms with Crippen LogP contribution in [0.3, 0.4) is 0 Å². The van der Waals surface area contributed by atoms with Crippen LogP contribution in [0.25, 0.3) is 0 Å². The zero-order valence-electron chi connectivity index (χ0n) is 17.7. The van der Waals surface area contributed by atoms with Gasteiger partial charge in [-0.15, -0.1) is 0 Å². The first-order valence-corrected chi connectivity index (χ1v) is 10.0. The first-order valence-electron chi connectivity index (χ1n) is 10.0. The monoisotopic (exact) mass is 427 g/mol. The van der Waals surface area contributed by atoms with Crippen molar-refractivity contribution < 1.29 is 23.9 Å². The molecule has 2 aromatic rings. The standard InChI is InChI=1S/C23H29N3O5/c1-14(2)20(26)23(29)31-22(28)19(25)13-16-8-10-17(11-9-16)30-21(27)18(24)12-15-6-4-3-5-7-15/h3-11,14,18-20H,12-13,24-26H2,1-2H3/t18-,19-,20-/m0/s1. The highest BCUT2D eigenvalue weighted by atomic mass is 16.6. The van der Waals surface area contributed by atoms with Crippen molar-refractivity contribution in [2.75, 3.05) is 0 Å². The topological polar surface area (TPSA) is 148 Å². The minimum Gasteiger partial charge on any atom is -0.425 e. The van der Waals surface area contributed by atoms with Crippen molar-refractivity contribution >= 4 is 17.9 Å². The van der Waals surface area contributed by atoms with E-state index in [1.54, 1.807) is 38.1 Å². The van der Waals surface area contributed by atoms with E-state index in [1.165, 1.54) is 0 Å². The number of benzene rings is 2. The molecule has 0 amide bonds. The lowest BCUT2D eigenvalue weighted by atomic mass is 10.1. The molecule has 0 bridgehead atoms. The lowest BCUT2D eigenvalue weighted by Gasteiger charge is -2.16. The normalized spacial score (nSPS) is 13.9. The van der Waals surface area contributed by atoms with Crippen molar-refractivity contribution in [1.82, 2.24) is 0 Å². The number of rotatable bonds is 9. The van der Waals surface area contributed by atoms with Gasteiger partial charge in [0.05, 0.1) is 0 Å². The maximum absolute atomic E-state index is 12.2. The highest BCUT2D eigenvalue weighted by Crippen LogP contribution is 2.15. The summed E-state index contributed by atoms with van der Waals surface area (Å²) in [6, 6.07) is 13.2. The van der Waals surface area contributed by atoms with E-state index in [-0.39, 0.29) is 12.3 Å². The fraction of sp³-hybridized carbons (Fsp3) is 0.348. The van der Waals surface area contributed by atoms with Gasteiger partial charge >= 0.3 is 17.9 Å². The Morgan fingerprint density at radius 3 is 1.81 bits per heavy atom. The lowest BCUT2D eigenvalue weighted by Crippen LogP contribution is -2.42. The predicted octanol–water partition coefficient (Wildman–Crippen LogP) is 1.08. The molecule has 8 nitrogen and oxygen atoms in total. The number of nitrogens with two attached hydrogens (primary N) is 3. The average molecular weight is 428 g/mol. The molecule has 0 saturated carbocycles. The van der Waals surface area contributed by atoms with E-state index < -0.39 is 36.0 Å². The summed E-state index contributed by atoms with van der Waals surface area (Å²) >= 11 is 0. The quantitative estimate of drug-likeness (QED) is 0.306. The van der Waals surface area contributed by atoms with Crippen molar-refractivity contribution in [1.29, 1.82) is 0 Å². The molecule has 0 aliphatic carbocycles. The van der Waals surface area contributed by atoms with Gasteiger partial charge in [0.1, 0.15) is 23.9 Å². The van der Waals surface area contributed by atoms with Crippen molar-refractivity contribution in [3.05, 3.63) is 65.7 Å². The molecule has 8 heteroatoms. The molecule has 6 N–H and O–H groups in total. The summed E-state index contributed by atoms with van der Waals surface area (Å²) in [4.78, 5) is 36.0. The van der Waals surface area contributed by atoms with Gasteiger partial charge in [0, 0.05) is 0 Å². The molecule has 0 unspecified atom stereocenters. The molecule has 0 aliphatic rings. The van der Waals surface area contributed by atoms with Gasteiger partial charge < -0.3 is 26.7 Å². The summed E-state index contributed by atoms with van der Waals surface area (Å²) in [5, 5.41) is 0. The van der Waals surface area contributed by atoms with E-state index in [4.69, 9.17) is 26.7 Å². The second-order valence-corrected chi connectivity index (χ2v) is 7.68. The van der Waals surface area contributed by atoms with Crippen LogP contribution in [0.4, 0.5) is 0 Å². The highest BCUT2D eigenvalue weighted by Gasteiger charge is 2.25. The van der Waals surface area contributed by atoms with Crippen molar-refractivity contribution in [2.45, 2.75) is 44.8 Å². The van der Waals surface area contributed by atoms with E-state index in [2.05, 4.69) is 0 Å². The lowest BCUT2D eigenvalue weighted by molar-refractivity contribution is -0.162. The largest absolute Gasteiger partial charge is 0.425 e. The molecule has 2 rings (SSSR count). The van der Waals surface area contributed by atoms with Crippen LogP contribution in [0.1, 0.15) is 25.0 Å². The number of hydrogen-bond donors (Lipinski definition) is 3. The second kappa shape index (κ2) is 11.4. The van der Waals surface area contributed by atoms with Gasteiger partial charge in [-0.1, -0.05) is 56.3 Å². The van der Waals surface area contributed by atoms with Crippen LogP contribution < -0.4 is 21.9 Å². The van der Waals surface area contributed by atoms with Gasteiger partial charge in [-0.3, -0.25) is 0 Å². The van der Waals surface area contributed by atoms with Crippen LogP contribution >= 0.6 is 0 Å². The van der Waals surface area contributed by atoms with Gasteiger partial charge in [0.25, 0.3) is 0 Å². The number of carbonyl (C=O) groups is 3. The molecule has 166 valence electrons. The van der Waals surface area contributed by atoms with Gasteiger partial charge in [0.2, 0.25) is 0 Å².